The first kappa shape index (κ1) is 12.9. The molecule has 1 aliphatic carbocycles. The number of carbonyl (C=O) groups is 1. The molecule has 3 nitrogen and oxygen atoms in total. The fourth-order valence-electron chi connectivity index (χ4n) is 2.51. The van der Waals surface area contributed by atoms with Crippen molar-refractivity contribution in [1.82, 2.24) is 5.32 Å². The van der Waals surface area contributed by atoms with Gasteiger partial charge in [-0.2, -0.15) is 0 Å². The number of methoxy groups -OCH3 is 1. The lowest BCUT2D eigenvalue weighted by Gasteiger charge is -2.23. The van der Waals surface area contributed by atoms with Crippen LogP contribution in [0, 0.1) is 6.92 Å². The first-order valence-electron chi connectivity index (χ1n) is 6.66. The summed E-state index contributed by atoms with van der Waals surface area (Å²) in [5.74, 6) is 0.636. The molecule has 0 heterocycles. The monoisotopic (exact) mass is 247 g/mol. The molecular weight excluding hydrogens is 226 g/mol. The zero-order valence-corrected chi connectivity index (χ0v) is 11.2. The molecule has 2 rings (SSSR count). The van der Waals surface area contributed by atoms with Gasteiger partial charge in [-0.15, -0.1) is 0 Å². The van der Waals surface area contributed by atoms with Crippen molar-refractivity contribution in [3.63, 3.8) is 0 Å². The summed E-state index contributed by atoms with van der Waals surface area (Å²) in [6.07, 6.45) is 5.92. The Bertz CT molecular complexity index is 423. The van der Waals surface area contributed by atoms with E-state index in [1.807, 2.05) is 25.1 Å². The quantitative estimate of drug-likeness (QED) is 0.891. The lowest BCUT2D eigenvalue weighted by molar-refractivity contribution is 0.0924. The number of aryl methyl sites for hydroxylation is 1. The Morgan fingerprint density at radius 2 is 2.00 bits per heavy atom. The zero-order valence-electron chi connectivity index (χ0n) is 11.2. The molecule has 0 saturated heterocycles. The van der Waals surface area contributed by atoms with E-state index in [4.69, 9.17) is 4.74 Å². The van der Waals surface area contributed by atoms with Crippen LogP contribution in [0.5, 0.6) is 5.75 Å². The number of carbonyl (C=O) groups excluding carboxylic acids is 1. The molecule has 0 unspecified atom stereocenters. The van der Waals surface area contributed by atoms with Crippen molar-refractivity contribution in [3.8, 4) is 5.75 Å². The summed E-state index contributed by atoms with van der Waals surface area (Å²) in [6, 6.07) is 6.02. The topological polar surface area (TPSA) is 38.3 Å². The van der Waals surface area contributed by atoms with Crippen LogP contribution >= 0.6 is 0 Å². The van der Waals surface area contributed by atoms with E-state index in [-0.39, 0.29) is 5.91 Å². The molecule has 0 atom stereocenters. The smallest absolute Gasteiger partial charge is 0.255 e. The fraction of sp³-hybridized carbons (Fsp3) is 0.533. The van der Waals surface area contributed by atoms with Crippen LogP contribution in [-0.4, -0.2) is 19.1 Å². The van der Waals surface area contributed by atoms with E-state index < -0.39 is 0 Å². The number of rotatable bonds is 3. The van der Waals surface area contributed by atoms with Crippen LogP contribution < -0.4 is 10.1 Å². The maximum Gasteiger partial charge on any atom is 0.255 e. The first-order valence-corrected chi connectivity index (χ1v) is 6.66. The predicted molar refractivity (Wildman–Crippen MR) is 72.1 cm³/mol. The lowest BCUT2D eigenvalue weighted by atomic mass is 9.95. The average Bonchev–Trinajstić information content (AvgIpc) is 2.40. The second-order valence-electron chi connectivity index (χ2n) is 5.01. The molecule has 1 amide bonds. The Labute approximate surface area is 109 Å². The number of benzene rings is 1. The maximum atomic E-state index is 12.3. The van der Waals surface area contributed by atoms with E-state index in [0.29, 0.717) is 17.4 Å². The third kappa shape index (κ3) is 3.03. The zero-order chi connectivity index (χ0) is 13.0. The Kier molecular flexibility index (Phi) is 4.24. The second kappa shape index (κ2) is 5.89. The number of hydrogen-bond acceptors (Lipinski definition) is 2. The van der Waals surface area contributed by atoms with E-state index in [1.54, 1.807) is 7.11 Å². The summed E-state index contributed by atoms with van der Waals surface area (Å²) in [5.41, 5.74) is 1.72. The molecule has 0 aromatic heterocycles. The molecule has 1 saturated carbocycles. The molecule has 0 bridgehead atoms. The van der Waals surface area contributed by atoms with Crippen molar-refractivity contribution >= 4 is 5.91 Å². The molecule has 18 heavy (non-hydrogen) atoms. The second-order valence-corrected chi connectivity index (χ2v) is 5.01. The summed E-state index contributed by atoms with van der Waals surface area (Å²) < 4.78 is 5.25. The third-order valence-corrected chi connectivity index (χ3v) is 3.54. The average molecular weight is 247 g/mol. The van der Waals surface area contributed by atoms with Crippen molar-refractivity contribution in [2.24, 2.45) is 0 Å². The Morgan fingerprint density at radius 3 is 2.67 bits per heavy atom. The van der Waals surface area contributed by atoms with Gasteiger partial charge in [0, 0.05) is 6.04 Å². The molecular formula is C15H21NO2. The number of nitrogens with one attached hydrogen (secondary N) is 1. The summed E-state index contributed by atoms with van der Waals surface area (Å²) in [7, 11) is 1.60. The minimum Gasteiger partial charge on any atom is -0.496 e. The molecule has 1 N–H and O–H groups in total. The van der Waals surface area contributed by atoms with Crippen LogP contribution in [0.2, 0.25) is 0 Å². The minimum absolute atomic E-state index is 0.0116. The van der Waals surface area contributed by atoms with Crippen LogP contribution in [0.25, 0.3) is 0 Å². The lowest BCUT2D eigenvalue weighted by Crippen LogP contribution is -2.36. The summed E-state index contributed by atoms with van der Waals surface area (Å²) in [6.45, 7) is 1.98. The summed E-state index contributed by atoms with van der Waals surface area (Å²) >= 11 is 0. The normalized spacial score (nSPS) is 16.3. The van der Waals surface area contributed by atoms with Gasteiger partial charge in [0.25, 0.3) is 5.91 Å². The largest absolute Gasteiger partial charge is 0.496 e. The molecule has 1 fully saturated rings. The van der Waals surface area contributed by atoms with Crippen molar-refractivity contribution in [2.45, 2.75) is 45.1 Å². The third-order valence-electron chi connectivity index (χ3n) is 3.54. The van der Waals surface area contributed by atoms with Gasteiger partial charge < -0.3 is 10.1 Å². The van der Waals surface area contributed by atoms with Crippen LogP contribution in [-0.2, 0) is 0 Å². The molecule has 3 heteroatoms. The van der Waals surface area contributed by atoms with E-state index in [2.05, 4.69) is 5.32 Å². The van der Waals surface area contributed by atoms with Crippen LogP contribution in [0.4, 0.5) is 0 Å². The van der Waals surface area contributed by atoms with Gasteiger partial charge in [-0.25, -0.2) is 0 Å². The van der Waals surface area contributed by atoms with Gasteiger partial charge in [0.15, 0.2) is 0 Å². The Balaban J connectivity index is 2.09. The van der Waals surface area contributed by atoms with Gasteiger partial charge >= 0.3 is 0 Å². The van der Waals surface area contributed by atoms with E-state index in [0.717, 1.165) is 18.4 Å². The minimum atomic E-state index is -0.0116. The molecule has 98 valence electrons. The Morgan fingerprint density at radius 1 is 1.28 bits per heavy atom. The molecule has 0 aliphatic heterocycles. The van der Waals surface area contributed by atoms with Gasteiger partial charge in [-0.3, -0.25) is 4.79 Å². The maximum absolute atomic E-state index is 12.3. The fourth-order valence-corrected chi connectivity index (χ4v) is 2.51. The SMILES string of the molecule is COc1ccc(C)cc1C(=O)NC1CCCCC1. The van der Waals surface area contributed by atoms with E-state index >= 15 is 0 Å². The highest BCUT2D eigenvalue weighted by Gasteiger charge is 2.18. The van der Waals surface area contributed by atoms with Crippen LogP contribution in [0.1, 0.15) is 48.0 Å². The van der Waals surface area contributed by atoms with Crippen molar-refractivity contribution in [2.75, 3.05) is 7.11 Å². The molecule has 0 spiro atoms. The van der Waals surface area contributed by atoms with E-state index in [1.165, 1.54) is 19.3 Å². The highest BCUT2D eigenvalue weighted by molar-refractivity contribution is 5.97. The van der Waals surface area contributed by atoms with Gasteiger partial charge in [0.1, 0.15) is 5.75 Å². The van der Waals surface area contributed by atoms with Crippen molar-refractivity contribution in [1.29, 1.82) is 0 Å². The van der Waals surface area contributed by atoms with Gasteiger partial charge in [0.2, 0.25) is 0 Å². The highest BCUT2D eigenvalue weighted by atomic mass is 16.5. The van der Waals surface area contributed by atoms with Gasteiger partial charge in [-0.05, 0) is 31.9 Å². The van der Waals surface area contributed by atoms with Gasteiger partial charge in [-0.1, -0.05) is 30.9 Å². The number of amides is 1. The predicted octanol–water partition coefficient (Wildman–Crippen LogP) is 3.07. The van der Waals surface area contributed by atoms with Crippen molar-refractivity contribution in [3.05, 3.63) is 29.3 Å². The number of ether oxygens (including phenoxy) is 1. The Hall–Kier alpha value is -1.51. The summed E-state index contributed by atoms with van der Waals surface area (Å²) in [4.78, 5) is 12.3. The standard InChI is InChI=1S/C15H21NO2/c1-11-8-9-14(18-2)13(10-11)15(17)16-12-6-4-3-5-7-12/h8-10,12H,3-7H2,1-2H3,(H,16,17). The molecule has 1 aromatic rings. The summed E-state index contributed by atoms with van der Waals surface area (Å²) in [5, 5.41) is 3.12. The molecule has 1 aliphatic rings. The molecule has 0 radical (unpaired) electrons. The van der Waals surface area contributed by atoms with Crippen molar-refractivity contribution < 1.29 is 9.53 Å². The first-order chi connectivity index (χ1) is 8.70. The molecule has 1 aromatic carbocycles. The van der Waals surface area contributed by atoms with Crippen LogP contribution in [0.15, 0.2) is 18.2 Å². The highest BCUT2D eigenvalue weighted by Crippen LogP contribution is 2.22. The number of hydrogen-bond donors (Lipinski definition) is 1. The van der Waals surface area contributed by atoms with E-state index in [9.17, 15) is 4.79 Å². The van der Waals surface area contributed by atoms with Crippen LogP contribution in [0.3, 0.4) is 0 Å². The van der Waals surface area contributed by atoms with Gasteiger partial charge in [0.05, 0.1) is 12.7 Å².